The van der Waals surface area contributed by atoms with Gasteiger partial charge < -0.3 is 8.83 Å². The topological polar surface area (TPSA) is 69.9 Å². The molecular weight excluding hydrogens is 749 g/mol. The van der Waals surface area contributed by atoms with Gasteiger partial charge in [0.05, 0.1) is 11.0 Å². The fourth-order valence-corrected chi connectivity index (χ4v) is 9.48. The first-order chi connectivity index (χ1) is 30.2. The average Bonchev–Trinajstić information content (AvgIpc) is 4.01. The zero-order valence-electron chi connectivity index (χ0n) is 32.8. The van der Waals surface area contributed by atoms with Crippen molar-refractivity contribution >= 4 is 82.0 Å². The van der Waals surface area contributed by atoms with E-state index >= 15 is 0 Å². The molecule has 0 radical (unpaired) electrons. The van der Waals surface area contributed by atoms with E-state index in [1.807, 2.05) is 12.1 Å². The van der Waals surface area contributed by atoms with E-state index < -0.39 is 0 Å². The van der Waals surface area contributed by atoms with Gasteiger partial charge in [-0.2, -0.15) is 9.97 Å². The first-order valence-corrected chi connectivity index (χ1v) is 20.7. The Hall–Kier alpha value is -8.09. The quantitative estimate of drug-likeness (QED) is 0.174. The van der Waals surface area contributed by atoms with E-state index in [2.05, 4.69) is 174 Å². The molecule has 13 rings (SSSR count). The van der Waals surface area contributed by atoms with Crippen molar-refractivity contribution in [2.24, 2.45) is 0 Å². The molecule has 0 bridgehead atoms. The number of hydrogen-bond donors (Lipinski definition) is 0. The molecule has 4 aromatic heterocycles. The summed E-state index contributed by atoms with van der Waals surface area (Å²) in [7, 11) is 0. The second kappa shape index (κ2) is 13.2. The lowest BCUT2D eigenvalue weighted by Crippen LogP contribution is -2.08. The molecule has 0 atom stereocenters. The number of rotatable bonds is 5. The van der Waals surface area contributed by atoms with E-state index in [1.54, 1.807) is 0 Å². The van der Waals surface area contributed by atoms with Crippen molar-refractivity contribution < 1.29 is 8.83 Å². The molecule has 6 nitrogen and oxygen atoms in total. The Morgan fingerprint density at radius 3 is 2.10 bits per heavy atom. The molecule has 286 valence electrons. The first kappa shape index (κ1) is 33.8. The lowest BCUT2D eigenvalue weighted by atomic mass is 9.97. The van der Waals surface area contributed by atoms with Crippen molar-refractivity contribution in [1.29, 1.82) is 0 Å². The van der Waals surface area contributed by atoms with Crippen LogP contribution in [0.15, 0.2) is 191 Å². The number of nitrogens with zero attached hydrogens (tertiary/aromatic N) is 4. The maximum atomic E-state index is 6.62. The zero-order valence-corrected chi connectivity index (χ0v) is 32.8. The number of fused-ring (bicyclic) bond motifs is 11. The largest absolute Gasteiger partial charge is 0.456 e. The molecule has 0 unspecified atom stereocenters. The summed E-state index contributed by atoms with van der Waals surface area (Å²) in [5, 5.41) is 8.60. The SMILES string of the molecule is C1=CCCC(c2nc(-c3cc4ccccc4c4oc5ccccc5c34)nc(-n3c4ccccc4c4ccc(-c5ccc6oc7cccc(-c8ccccc8)c7c6c5)cc43)n2)=C1. The molecule has 8 aromatic carbocycles. The molecule has 0 saturated carbocycles. The van der Waals surface area contributed by atoms with Gasteiger partial charge in [-0.25, -0.2) is 4.98 Å². The molecule has 0 spiro atoms. The summed E-state index contributed by atoms with van der Waals surface area (Å²) in [6.45, 7) is 0. The van der Waals surface area contributed by atoms with Crippen molar-refractivity contribution in [3.05, 3.63) is 188 Å². The molecule has 1 aliphatic rings. The molecule has 0 fully saturated rings. The minimum atomic E-state index is 0.566. The maximum absolute atomic E-state index is 6.62. The second-order valence-corrected chi connectivity index (χ2v) is 15.8. The van der Waals surface area contributed by atoms with E-state index in [9.17, 15) is 0 Å². The van der Waals surface area contributed by atoms with Gasteiger partial charge in [0.25, 0.3) is 0 Å². The van der Waals surface area contributed by atoms with Crippen molar-refractivity contribution in [1.82, 2.24) is 19.5 Å². The normalized spacial score (nSPS) is 13.1. The van der Waals surface area contributed by atoms with Crippen LogP contribution in [0.2, 0.25) is 0 Å². The van der Waals surface area contributed by atoms with Crippen LogP contribution in [0.4, 0.5) is 0 Å². The number of para-hydroxylation sites is 2. The highest BCUT2D eigenvalue weighted by molar-refractivity contribution is 6.21. The first-order valence-electron chi connectivity index (χ1n) is 20.7. The molecule has 0 aliphatic heterocycles. The summed E-state index contributed by atoms with van der Waals surface area (Å²) in [6, 6.07) is 57.4. The van der Waals surface area contributed by atoms with Crippen molar-refractivity contribution in [3.8, 4) is 39.6 Å². The van der Waals surface area contributed by atoms with Crippen molar-refractivity contribution in [2.45, 2.75) is 12.8 Å². The molecule has 61 heavy (non-hydrogen) atoms. The minimum absolute atomic E-state index is 0.566. The Labute approximate surface area is 349 Å². The molecule has 0 saturated heterocycles. The van der Waals surface area contributed by atoms with Crippen LogP contribution in [-0.4, -0.2) is 19.5 Å². The van der Waals surface area contributed by atoms with Gasteiger partial charge in [-0.15, -0.1) is 0 Å². The van der Waals surface area contributed by atoms with Crippen LogP contribution < -0.4 is 0 Å². The monoisotopic (exact) mass is 782 g/mol. The van der Waals surface area contributed by atoms with Crippen molar-refractivity contribution in [3.63, 3.8) is 0 Å². The number of hydrogen-bond acceptors (Lipinski definition) is 5. The Bertz CT molecular complexity index is 3830. The number of furan rings is 2. The lowest BCUT2D eigenvalue weighted by Gasteiger charge is -2.14. The van der Waals surface area contributed by atoms with Gasteiger partial charge >= 0.3 is 0 Å². The van der Waals surface area contributed by atoms with Gasteiger partial charge in [0.1, 0.15) is 22.3 Å². The number of aromatic nitrogens is 4. The van der Waals surface area contributed by atoms with Crippen LogP contribution in [0, 0.1) is 0 Å². The van der Waals surface area contributed by atoms with E-state index in [0.717, 1.165) is 123 Å². The summed E-state index contributed by atoms with van der Waals surface area (Å²) in [4.78, 5) is 16.1. The molecule has 0 amide bonds. The highest BCUT2D eigenvalue weighted by Crippen LogP contribution is 2.43. The Balaban J connectivity index is 1.06. The molecule has 0 N–H and O–H groups in total. The summed E-state index contributed by atoms with van der Waals surface area (Å²) < 4.78 is 15.3. The molecule has 6 heteroatoms. The third-order valence-electron chi connectivity index (χ3n) is 12.3. The van der Waals surface area contributed by atoms with Crippen molar-refractivity contribution in [2.75, 3.05) is 0 Å². The van der Waals surface area contributed by atoms with Gasteiger partial charge in [-0.1, -0.05) is 140 Å². The minimum Gasteiger partial charge on any atom is -0.456 e. The molecular formula is C55H34N4O2. The van der Waals surface area contributed by atoms with E-state index in [0.29, 0.717) is 17.6 Å². The van der Waals surface area contributed by atoms with Crippen LogP contribution >= 0.6 is 0 Å². The molecule has 4 heterocycles. The van der Waals surface area contributed by atoms with Crippen LogP contribution in [0.5, 0.6) is 0 Å². The predicted molar refractivity (Wildman–Crippen MR) is 249 cm³/mol. The fraction of sp³-hybridized carbons (Fsp3) is 0.0364. The lowest BCUT2D eigenvalue weighted by molar-refractivity contribution is 0.669. The highest BCUT2D eigenvalue weighted by atomic mass is 16.3. The number of benzene rings is 8. The summed E-state index contributed by atoms with van der Waals surface area (Å²) in [5.41, 5.74) is 11.9. The Kier molecular flexibility index (Phi) is 7.33. The van der Waals surface area contributed by atoms with Crippen LogP contribution in [0.1, 0.15) is 18.7 Å². The van der Waals surface area contributed by atoms with Crippen LogP contribution in [-0.2, 0) is 0 Å². The van der Waals surface area contributed by atoms with Gasteiger partial charge in [0.2, 0.25) is 5.95 Å². The molecule has 12 aromatic rings. The Morgan fingerprint density at radius 1 is 0.459 bits per heavy atom. The number of allylic oxidation sites excluding steroid dienone is 4. The summed E-state index contributed by atoms with van der Waals surface area (Å²) >= 11 is 0. The van der Waals surface area contributed by atoms with Gasteiger partial charge in [0, 0.05) is 43.3 Å². The fourth-order valence-electron chi connectivity index (χ4n) is 9.48. The zero-order chi connectivity index (χ0) is 40.0. The summed E-state index contributed by atoms with van der Waals surface area (Å²) in [6.07, 6.45) is 8.21. The Morgan fingerprint density at radius 2 is 1.20 bits per heavy atom. The van der Waals surface area contributed by atoms with Gasteiger partial charge in [-0.3, -0.25) is 4.57 Å². The third kappa shape index (κ3) is 5.25. The van der Waals surface area contributed by atoms with Crippen LogP contribution in [0.25, 0.3) is 122 Å². The highest BCUT2D eigenvalue weighted by Gasteiger charge is 2.23. The smallest absolute Gasteiger partial charge is 0.238 e. The van der Waals surface area contributed by atoms with Gasteiger partial charge in [0.15, 0.2) is 11.6 Å². The van der Waals surface area contributed by atoms with E-state index in [1.165, 1.54) is 0 Å². The van der Waals surface area contributed by atoms with E-state index in [-0.39, 0.29) is 0 Å². The summed E-state index contributed by atoms with van der Waals surface area (Å²) in [5.74, 6) is 1.84. The maximum Gasteiger partial charge on any atom is 0.238 e. The second-order valence-electron chi connectivity index (χ2n) is 15.8. The predicted octanol–water partition coefficient (Wildman–Crippen LogP) is 14.7. The van der Waals surface area contributed by atoms with E-state index in [4.69, 9.17) is 23.8 Å². The van der Waals surface area contributed by atoms with Crippen LogP contribution in [0.3, 0.4) is 0 Å². The average molecular weight is 783 g/mol. The standard InChI is InChI=1S/C55H34N4O2/c1-3-14-33(15-4-1)38-22-13-25-49-50(38)43-30-35(27-29-48(43)60-49)36-26-28-41-40-20-9-11-23-45(40)59(46(41)32-36)55-57-53(34-16-5-2-6-17-34)56-54(58-55)44-31-37-18-7-8-19-39(37)52-51(44)42-21-10-12-24-47(42)61-52/h1-5,7-16,18-32H,6,17H2. The third-order valence-corrected chi connectivity index (χ3v) is 12.3. The van der Waals surface area contributed by atoms with Gasteiger partial charge in [-0.05, 0) is 88.5 Å². The molecule has 1 aliphatic carbocycles.